The average molecular weight is 681 g/mol. The third-order valence-electron chi connectivity index (χ3n) is 7.22. The number of hydrogen-bond acceptors (Lipinski definition) is 5. The average Bonchev–Trinajstić information content (AvgIpc) is 3.63. The number of rotatable bonds is 13. The zero-order valence-corrected chi connectivity index (χ0v) is 26.0. The largest absolute Gasteiger partial charge is 0.416 e. The summed E-state index contributed by atoms with van der Waals surface area (Å²) < 4.78 is 174. The molecule has 6 nitrogen and oxygen atoms in total. The Morgan fingerprint density at radius 1 is 0.957 bits per heavy atom. The molecule has 1 amide bonds. The van der Waals surface area contributed by atoms with Crippen LogP contribution in [0.3, 0.4) is 0 Å². The van der Waals surface area contributed by atoms with Gasteiger partial charge in [-0.25, -0.2) is 4.39 Å². The maximum Gasteiger partial charge on any atom is 0.416 e. The molecular weight excluding hydrogens is 628 g/mol. The maximum atomic E-state index is 14.7. The van der Waals surface area contributed by atoms with Gasteiger partial charge >= 0.3 is 6.18 Å². The summed E-state index contributed by atoms with van der Waals surface area (Å²) in [7, 11) is 0. The van der Waals surface area contributed by atoms with E-state index in [1.807, 2.05) is 0 Å². The smallest absolute Gasteiger partial charge is 0.336 e. The Labute approximate surface area is 296 Å². The van der Waals surface area contributed by atoms with Gasteiger partial charge in [0.2, 0.25) is 5.91 Å². The van der Waals surface area contributed by atoms with E-state index in [0.29, 0.717) is 22.4 Å². The number of carbonyl (C=O) groups is 1. The Hall–Kier alpha value is -3.96. The number of hydrogen-bond donors (Lipinski definition) is 0. The second-order valence-electron chi connectivity index (χ2n) is 10.2. The second kappa shape index (κ2) is 15.3. The van der Waals surface area contributed by atoms with Crippen molar-refractivity contribution in [3.8, 4) is 11.1 Å². The minimum Gasteiger partial charge on any atom is -0.336 e. The Bertz CT molecular complexity index is 2350. The van der Waals surface area contributed by atoms with Crippen molar-refractivity contribution >= 4 is 17.7 Å². The van der Waals surface area contributed by atoms with Gasteiger partial charge in [-0.1, -0.05) is 74.1 Å². The lowest BCUT2D eigenvalue weighted by Crippen LogP contribution is -2.40. The molecule has 1 aliphatic rings. The Morgan fingerprint density at radius 3 is 2.21 bits per heavy atom. The van der Waals surface area contributed by atoms with Gasteiger partial charge in [0, 0.05) is 47.5 Å². The normalized spacial score (nSPS) is 18.7. The summed E-state index contributed by atoms with van der Waals surface area (Å²) in [5, 5.41) is -0.550. The molecule has 0 atom stereocenters. The summed E-state index contributed by atoms with van der Waals surface area (Å²) in [5.41, 5.74) is -4.42. The van der Waals surface area contributed by atoms with E-state index in [4.69, 9.17) is 19.2 Å². The van der Waals surface area contributed by atoms with Crippen LogP contribution in [-0.4, -0.2) is 51.2 Å². The molecular formula is C36H38F4N4O2S. The molecule has 4 aromatic rings. The third-order valence-corrected chi connectivity index (χ3v) is 8.02. The van der Waals surface area contributed by atoms with Gasteiger partial charge in [-0.05, 0) is 78.7 Å². The quantitative estimate of drug-likeness (QED) is 0.0849. The van der Waals surface area contributed by atoms with Crippen molar-refractivity contribution in [1.29, 1.82) is 0 Å². The van der Waals surface area contributed by atoms with Crippen LogP contribution in [0.5, 0.6) is 0 Å². The molecule has 3 aromatic carbocycles. The van der Waals surface area contributed by atoms with Gasteiger partial charge in [0.25, 0.3) is 5.56 Å². The van der Waals surface area contributed by atoms with Gasteiger partial charge < -0.3 is 14.4 Å². The first-order chi connectivity index (χ1) is 27.8. The number of carbonyl (C=O) groups excluding carboxylic acids is 1. The number of amides is 1. The summed E-state index contributed by atoms with van der Waals surface area (Å²) in [6, 6.07) is 5.39. The van der Waals surface area contributed by atoms with E-state index < -0.39 is 109 Å². The van der Waals surface area contributed by atoms with Crippen molar-refractivity contribution in [3.63, 3.8) is 0 Å². The number of likely N-dealkylation sites (N-methyl/N-ethyl adjacent to an activating group) is 1. The fourth-order valence-corrected chi connectivity index (χ4v) is 5.56. The van der Waals surface area contributed by atoms with Gasteiger partial charge in [0.1, 0.15) is 12.4 Å². The highest BCUT2D eigenvalue weighted by Crippen LogP contribution is 2.31. The zero-order valence-electron chi connectivity index (χ0n) is 39.2. The van der Waals surface area contributed by atoms with Gasteiger partial charge in [-0.2, -0.15) is 18.2 Å². The minimum atomic E-state index is -4.58. The molecule has 0 saturated heterocycles. The molecule has 11 heteroatoms. The van der Waals surface area contributed by atoms with Crippen LogP contribution in [0, 0.1) is 5.82 Å². The highest BCUT2D eigenvalue weighted by atomic mass is 32.2. The van der Waals surface area contributed by atoms with Crippen molar-refractivity contribution < 1.29 is 41.5 Å². The molecule has 0 saturated carbocycles. The van der Waals surface area contributed by atoms with E-state index in [9.17, 15) is 27.2 Å². The molecule has 1 aliphatic carbocycles. The van der Waals surface area contributed by atoms with E-state index >= 15 is 0 Å². The molecule has 0 bridgehead atoms. The molecule has 0 fully saturated rings. The molecule has 1 aromatic heterocycles. The van der Waals surface area contributed by atoms with E-state index in [2.05, 4.69) is 4.98 Å². The summed E-state index contributed by atoms with van der Waals surface area (Å²) in [5.74, 6) is -2.80. The summed E-state index contributed by atoms with van der Waals surface area (Å²) >= 11 is 0.0891. The SMILES string of the molecule is [2H]c1c([2H])c(C([2H])([2H])Sc2nc(=O)c3c(n2CC(=O)N(Cc2ccc(-c4ccc(C(F)(F)F)cc4)cc2)C([2H])([2H])C([2H])([2H])N(C([2H])([2H])C)C([2H])([2H])C)CCC3)c([2H])c([2H])c1F. The summed E-state index contributed by atoms with van der Waals surface area (Å²) in [6.45, 7) is -13.2. The van der Waals surface area contributed by atoms with E-state index in [1.54, 1.807) is 0 Å². The highest BCUT2D eigenvalue weighted by Gasteiger charge is 2.30. The topological polar surface area (TPSA) is 58.4 Å². The second-order valence-corrected chi connectivity index (χ2v) is 11.0. The molecule has 0 unspecified atom stereocenters. The fraction of sp³-hybridized carbons (Fsp3) is 0.361. The predicted octanol–water partition coefficient (Wildman–Crippen LogP) is 7.22. The first-order valence-corrected chi connectivity index (χ1v) is 15.1. The Balaban J connectivity index is 1.63. The van der Waals surface area contributed by atoms with Crippen LogP contribution in [0.25, 0.3) is 11.1 Å². The van der Waals surface area contributed by atoms with Crippen molar-refractivity contribution in [2.45, 2.75) is 63.2 Å². The van der Waals surface area contributed by atoms with Crippen molar-refractivity contribution in [1.82, 2.24) is 19.4 Å². The number of fused-ring (bicyclic) bond motifs is 1. The minimum absolute atomic E-state index is 0.0177. The van der Waals surface area contributed by atoms with Crippen LogP contribution >= 0.6 is 11.8 Å². The van der Waals surface area contributed by atoms with E-state index in [1.165, 1.54) is 36.4 Å². The fourth-order valence-electron chi connectivity index (χ4n) is 4.85. The van der Waals surface area contributed by atoms with Crippen molar-refractivity contribution in [3.05, 3.63) is 117 Å². The number of alkyl halides is 3. The number of thioether (sulfide) groups is 1. The number of benzene rings is 3. The standard InChI is InChI=1S/C36H38F4N4O2S/c1-3-42(4-2)20-21-43(22-25-8-12-27(13-9-25)28-14-16-29(17-15-28)36(38,39)40)33(45)23-44-32-7-5-6-31(32)34(46)41-35(44)47-24-26-10-18-30(37)19-11-26/h8-19H,3-7,20-24H2,1-2H3/i3D2,4D2,10D,11D,18D,19D,20D2,21D2,24D2. The van der Waals surface area contributed by atoms with Crippen LogP contribution in [0.2, 0.25) is 0 Å². The number of aromatic nitrogens is 2. The molecule has 0 N–H and O–H groups in total. The van der Waals surface area contributed by atoms with Crippen LogP contribution < -0.4 is 5.56 Å². The molecule has 0 radical (unpaired) electrons. The zero-order chi connectivity index (χ0) is 46.0. The van der Waals surface area contributed by atoms with Gasteiger partial charge in [-0.3, -0.25) is 9.59 Å². The molecule has 47 heavy (non-hydrogen) atoms. The molecule has 0 spiro atoms. The first-order valence-electron chi connectivity index (χ1n) is 21.3. The monoisotopic (exact) mass is 680 g/mol. The summed E-state index contributed by atoms with van der Waals surface area (Å²) in [4.78, 5) is 32.2. The van der Waals surface area contributed by atoms with Crippen LogP contribution in [-0.2, 0) is 42.6 Å². The van der Waals surface area contributed by atoms with Gasteiger partial charge in [0.05, 0.1) is 13.8 Å². The molecule has 1 heterocycles. The lowest BCUT2D eigenvalue weighted by molar-refractivity contribution is -0.137. The summed E-state index contributed by atoms with van der Waals surface area (Å²) in [6.07, 6.45) is -3.93. The lowest BCUT2D eigenvalue weighted by Gasteiger charge is -2.28. The number of halogens is 4. The van der Waals surface area contributed by atoms with Crippen molar-refractivity contribution in [2.24, 2.45) is 0 Å². The Morgan fingerprint density at radius 2 is 1.60 bits per heavy atom. The van der Waals surface area contributed by atoms with Crippen LogP contribution in [0.15, 0.2) is 82.7 Å². The number of nitrogens with zero attached hydrogens (tertiary/aromatic N) is 4. The highest BCUT2D eigenvalue weighted by molar-refractivity contribution is 7.98. The van der Waals surface area contributed by atoms with Gasteiger partial charge in [0.15, 0.2) is 5.16 Å². The van der Waals surface area contributed by atoms with Gasteiger partial charge in [-0.15, -0.1) is 0 Å². The van der Waals surface area contributed by atoms with Crippen LogP contribution in [0.4, 0.5) is 17.6 Å². The van der Waals surface area contributed by atoms with E-state index in [-0.39, 0.29) is 46.3 Å². The van der Waals surface area contributed by atoms with Crippen molar-refractivity contribution in [2.75, 3.05) is 26.0 Å². The van der Waals surface area contributed by atoms with E-state index in [0.717, 1.165) is 30.5 Å². The molecule has 5 rings (SSSR count). The maximum absolute atomic E-state index is 14.7. The lowest BCUT2D eigenvalue weighted by atomic mass is 10.0. The third kappa shape index (κ3) is 8.70. The first kappa shape index (κ1) is 20.4. The van der Waals surface area contributed by atoms with Crippen LogP contribution in [0.1, 0.15) is 67.4 Å². The predicted molar refractivity (Wildman–Crippen MR) is 177 cm³/mol. The molecule has 0 aliphatic heterocycles. The molecule has 248 valence electrons. The Kier molecular flexibility index (Phi) is 6.64.